The van der Waals surface area contributed by atoms with Gasteiger partial charge < -0.3 is 10.2 Å². The zero-order valence-corrected chi connectivity index (χ0v) is 7.42. The summed E-state index contributed by atoms with van der Waals surface area (Å²) >= 11 is 0. The van der Waals surface area contributed by atoms with Gasteiger partial charge in [-0.25, -0.2) is 0 Å². The fourth-order valence-electron chi connectivity index (χ4n) is 2.00. The van der Waals surface area contributed by atoms with E-state index in [1.54, 1.807) is 0 Å². The Hall–Kier alpha value is -0.570. The van der Waals surface area contributed by atoms with Crippen LogP contribution < -0.4 is 0 Å². The maximum Gasteiger partial charge on any atom is 0.306 e. The molecule has 0 saturated heterocycles. The molecule has 2 N–H and O–H groups in total. The summed E-state index contributed by atoms with van der Waals surface area (Å²) in [5, 5.41) is 18.3. The average Bonchev–Trinajstić information content (AvgIpc) is 2.30. The SMILES string of the molecule is CCC1CCC(O)(CC(=O)O)C1. The van der Waals surface area contributed by atoms with E-state index in [-0.39, 0.29) is 6.42 Å². The molecule has 3 heteroatoms. The Bertz CT molecular complexity index is 179. The lowest BCUT2D eigenvalue weighted by Crippen LogP contribution is -2.28. The monoisotopic (exact) mass is 172 g/mol. The van der Waals surface area contributed by atoms with Crippen molar-refractivity contribution in [1.82, 2.24) is 0 Å². The van der Waals surface area contributed by atoms with Gasteiger partial charge in [-0.05, 0) is 25.2 Å². The topological polar surface area (TPSA) is 57.5 Å². The second kappa shape index (κ2) is 3.44. The minimum Gasteiger partial charge on any atom is -0.481 e. The van der Waals surface area contributed by atoms with Gasteiger partial charge in [0, 0.05) is 0 Å². The quantitative estimate of drug-likeness (QED) is 0.676. The van der Waals surface area contributed by atoms with Crippen LogP contribution in [0.15, 0.2) is 0 Å². The fourth-order valence-corrected chi connectivity index (χ4v) is 2.00. The van der Waals surface area contributed by atoms with Gasteiger partial charge in [0.2, 0.25) is 0 Å². The Morgan fingerprint density at radius 1 is 1.67 bits per heavy atom. The summed E-state index contributed by atoms with van der Waals surface area (Å²) < 4.78 is 0. The third kappa shape index (κ3) is 2.21. The second-order valence-electron chi connectivity index (χ2n) is 3.81. The highest BCUT2D eigenvalue weighted by molar-refractivity contribution is 5.68. The van der Waals surface area contributed by atoms with E-state index in [4.69, 9.17) is 5.11 Å². The smallest absolute Gasteiger partial charge is 0.306 e. The Morgan fingerprint density at radius 2 is 2.33 bits per heavy atom. The van der Waals surface area contributed by atoms with Crippen LogP contribution in [0.2, 0.25) is 0 Å². The molecule has 0 amide bonds. The summed E-state index contributed by atoms with van der Waals surface area (Å²) in [5.41, 5.74) is -0.910. The highest BCUT2D eigenvalue weighted by atomic mass is 16.4. The summed E-state index contributed by atoms with van der Waals surface area (Å²) in [7, 11) is 0. The standard InChI is InChI=1S/C9H16O3/c1-2-7-3-4-9(12,5-7)6-8(10)11/h7,12H,2-6H2,1H3,(H,10,11). The van der Waals surface area contributed by atoms with E-state index in [1.807, 2.05) is 0 Å². The molecule has 12 heavy (non-hydrogen) atoms. The molecule has 2 atom stereocenters. The summed E-state index contributed by atoms with van der Waals surface area (Å²) in [6, 6.07) is 0. The maximum absolute atomic E-state index is 10.4. The molecule has 0 aromatic carbocycles. The minimum atomic E-state index is -0.910. The molecule has 1 rings (SSSR count). The van der Waals surface area contributed by atoms with Crippen LogP contribution in [0.3, 0.4) is 0 Å². The van der Waals surface area contributed by atoms with Crippen molar-refractivity contribution in [2.24, 2.45) is 5.92 Å². The lowest BCUT2D eigenvalue weighted by molar-refractivity contribution is -0.142. The van der Waals surface area contributed by atoms with Gasteiger partial charge in [-0.3, -0.25) is 4.79 Å². The molecule has 0 aliphatic heterocycles. The van der Waals surface area contributed by atoms with E-state index in [9.17, 15) is 9.90 Å². The number of rotatable bonds is 3. The molecule has 0 heterocycles. The zero-order valence-electron chi connectivity index (χ0n) is 7.42. The van der Waals surface area contributed by atoms with E-state index >= 15 is 0 Å². The zero-order chi connectivity index (χ0) is 9.19. The van der Waals surface area contributed by atoms with Gasteiger partial charge in [-0.1, -0.05) is 13.3 Å². The van der Waals surface area contributed by atoms with Crippen molar-refractivity contribution in [1.29, 1.82) is 0 Å². The Kier molecular flexibility index (Phi) is 2.73. The van der Waals surface area contributed by atoms with Crippen LogP contribution in [0, 0.1) is 5.92 Å². The number of hydrogen-bond acceptors (Lipinski definition) is 2. The van der Waals surface area contributed by atoms with Gasteiger partial charge in [0.15, 0.2) is 0 Å². The first-order valence-electron chi connectivity index (χ1n) is 4.50. The molecule has 0 radical (unpaired) electrons. The number of aliphatic carboxylic acids is 1. The Balaban J connectivity index is 2.46. The molecule has 70 valence electrons. The first kappa shape index (κ1) is 9.52. The van der Waals surface area contributed by atoms with Crippen molar-refractivity contribution in [3.8, 4) is 0 Å². The molecular weight excluding hydrogens is 156 g/mol. The highest BCUT2D eigenvalue weighted by Gasteiger charge is 2.37. The molecule has 1 aliphatic carbocycles. The van der Waals surface area contributed by atoms with Gasteiger partial charge in [-0.15, -0.1) is 0 Å². The molecular formula is C9H16O3. The van der Waals surface area contributed by atoms with E-state index < -0.39 is 11.6 Å². The van der Waals surface area contributed by atoms with Gasteiger partial charge in [-0.2, -0.15) is 0 Å². The third-order valence-electron chi connectivity index (χ3n) is 2.74. The average molecular weight is 172 g/mol. The molecule has 0 aromatic rings. The van der Waals surface area contributed by atoms with Crippen LogP contribution in [0.4, 0.5) is 0 Å². The minimum absolute atomic E-state index is 0.0938. The van der Waals surface area contributed by atoms with Crippen molar-refractivity contribution in [2.75, 3.05) is 0 Å². The van der Waals surface area contributed by atoms with Crippen LogP contribution in [-0.4, -0.2) is 21.8 Å². The van der Waals surface area contributed by atoms with Crippen LogP contribution in [0.5, 0.6) is 0 Å². The van der Waals surface area contributed by atoms with Crippen molar-refractivity contribution < 1.29 is 15.0 Å². The van der Waals surface area contributed by atoms with Crippen LogP contribution >= 0.6 is 0 Å². The summed E-state index contributed by atoms with van der Waals surface area (Å²) in [4.78, 5) is 10.4. The first-order chi connectivity index (χ1) is 5.56. The molecule has 1 saturated carbocycles. The molecule has 0 bridgehead atoms. The highest BCUT2D eigenvalue weighted by Crippen LogP contribution is 2.38. The predicted molar refractivity (Wildman–Crippen MR) is 44.8 cm³/mol. The largest absolute Gasteiger partial charge is 0.481 e. The molecule has 1 aliphatic rings. The number of aliphatic hydroxyl groups is 1. The van der Waals surface area contributed by atoms with E-state index in [2.05, 4.69) is 6.92 Å². The van der Waals surface area contributed by atoms with E-state index in [0.29, 0.717) is 18.8 Å². The molecule has 0 spiro atoms. The summed E-state index contributed by atoms with van der Waals surface area (Å²) in [5.74, 6) is -0.372. The Labute approximate surface area is 72.4 Å². The second-order valence-corrected chi connectivity index (χ2v) is 3.81. The lowest BCUT2D eigenvalue weighted by atomic mass is 9.95. The van der Waals surface area contributed by atoms with E-state index in [1.165, 1.54) is 0 Å². The summed E-state index contributed by atoms with van der Waals surface area (Å²) in [6.07, 6.45) is 3.24. The van der Waals surface area contributed by atoms with Gasteiger partial charge in [0.25, 0.3) is 0 Å². The Morgan fingerprint density at radius 3 is 2.75 bits per heavy atom. The van der Waals surface area contributed by atoms with Crippen LogP contribution in [-0.2, 0) is 4.79 Å². The molecule has 2 unspecified atom stereocenters. The normalized spacial score (nSPS) is 35.3. The van der Waals surface area contributed by atoms with Crippen LogP contribution in [0.1, 0.15) is 39.0 Å². The van der Waals surface area contributed by atoms with Gasteiger partial charge in [0.1, 0.15) is 0 Å². The molecule has 1 fully saturated rings. The lowest BCUT2D eigenvalue weighted by Gasteiger charge is -2.19. The summed E-state index contributed by atoms with van der Waals surface area (Å²) in [6.45, 7) is 2.08. The molecule has 0 aromatic heterocycles. The molecule has 3 nitrogen and oxygen atoms in total. The fraction of sp³-hybridized carbons (Fsp3) is 0.889. The van der Waals surface area contributed by atoms with Crippen molar-refractivity contribution in [2.45, 2.75) is 44.6 Å². The van der Waals surface area contributed by atoms with Gasteiger partial charge in [0.05, 0.1) is 12.0 Å². The van der Waals surface area contributed by atoms with Crippen molar-refractivity contribution >= 4 is 5.97 Å². The maximum atomic E-state index is 10.4. The third-order valence-corrected chi connectivity index (χ3v) is 2.74. The van der Waals surface area contributed by atoms with Crippen molar-refractivity contribution in [3.63, 3.8) is 0 Å². The van der Waals surface area contributed by atoms with Crippen molar-refractivity contribution in [3.05, 3.63) is 0 Å². The van der Waals surface area contributed by atoms with Crippen LogP contribution in [0.25, 0.3) is 0 Å². The van der Waals surface area contributed by atoms with Gasteiger partial charge >= 0.3 is 5.97 Å². The first-order valence-corrected chi connectivity index (χ1v) is 4.50. The predicted octanol–water partition coefficient (Wildman–Crippen LogP) is 1.40. The number of carboxylic acids is 1. The number of hydrogen-bond donors (Lipinski definition) is 2. The number of carboxylic acid groups (broad SMARTS) is 1. The number of carbonyl (C=O) groups is 1. The van der Waals surface area contributed by atoms with E-state index in [0.717, 1.165) is 12.8 Å².